The number of hydrogen-bond acceptors (Lipinski definition) is 2. The molecule has 0 spiro atoms. The van der Waals surface area contributed by atoms with Crippen LogP contribution in [-0.2, 0) is 6.54 Å². The molecule has 0 saturated carbocycles. The van der Waals surface area contributed by atoms with Crippen molar-refractivity contribution in [2.24, 2.45) is 0 Å². The zero-order chi connectivity index (χ0) is 22.7. The first kappa shape index (κ1) is 21.8. The van der Waals surface area contributed by atoms with Crippen LogP contribution in [0.1, 0.15) is 27.9 Å². The lowest BCUT2D eigenvalue weighted by molar-refractivity contribution is 0.102. The Morgan fingerprint density at radius 2 is 1.88 bits per heavy atom. The third kappa shape index (κ3) is 4.92. The van der Waals surface area contributed by atoms with Crippen LogP contribution in [0.2, 0.25) is 5.02 Å². The maximum absolute atomic E-state index is 13.6. The van der Waals surface area contributed by atoms with Crippen molar-refractivity contribution in [2.45, 2.75) is 19.9 Å². The van der Waals surface area contributed by atoms with Crippen LogP contribution >= 0.6 is 11.6 Å². The highest BCUT2D eigenvalue weighted by atomic mass is 35.5. The minimum atomic E-state index is -0.481. The normalized spacial score (nSPS) is 13.9. The molecule has 1 saturated heterocycles. The first-order chi connectivity index (χ1) is 15.4. The van der Waals surface area contributed by atoms with Gasteiger partial charge in [-0.2, -0.15) is 0 Å². The lowest BCUT2D eigenvalue weighted by Gasteiger charge is -2.36. The van der Waals surface area contributed by atoms with Gasteiger partial charge >= 0.3 is 6.03 Å². The second kappa shape index (κ2) is 9.40. The van der Waals surface area contributed by atoms with Gasteiger partial charge in [-0.3, -0.25) is 9.69 Å². The summed E-state index contributed by atoms with van der Waals surface area (Å²) in [5.41, 5.74) is 3.23. The zero-order valence-corrected chi connectivity index (χ0v) is 18.4. The fourth-order valence-corrected chi connectivity index (χ4v) is 4.03. The first-order valence-electron chi connectivity index (χ1n) is 10.4. The molecule has 0 radical (unpaired) electrons. The van der Waals surface area contributed by atoms with Gasteiger partial charge in [0.1, 0.15) is 5.82 Å². The number of nitrogens with one attached hydrogen (secondary N) is 1. The van der Waals surface area contributed by atoms with Crippen molar-refractivity contribution in [3.8, 4) is 0 Å². The minimum absolute atomic E-state index is 0.138. The van der Waals surface area contributed by atoms with Crippen molar-refractivity contribution in [1.82, 2.24) is 4.90 Å². The molecule has 164 valence electrons. The summed E-state index contributed by atoms with van der Waals surface area (Å²) in [6.45, 7) is 3.54. The summed E-state index contributed by atoms with van der Waals surface area (Å²) in [4.78, 5) is 29.5. The number of amides is 3. The van der Waals surface area contributed by atoms with Crippen LogP contribution in [0.15, 0.2) is 66.7 Å². The number of aryl methyl sites for hydroxylation is 1. The van der Waals surface area contributed by atoms with E-state index in [1.54, 1.807) is 21.9 Å². The number of rotatable bonds is 5. The van der Waals surface area contributed by atoms with Crippen LogP contribution in [0.5, 0.6) is 0 Å². The molecule has 1 aliphatic rings. The summed E-state index contributed by atoms with van der Waals surface area (Å²) in [6, 6.07) is 18.4. The highest BCUT2D eigenvalue weighted by Crippen LogP contribution is 2.31. The van der Waals surface area contributed by atoms with E-state index in [0.29, 0.717) is 36.0 Å². The van der Waals surface area contributed by atoms with Gasteiger partial charge in [-0.05, 0) is 66.9 Å². The van der Waals surface area contributed by atoms with E-state index in [1.807, 2.05) is 43.3 Å². The van der Waals surface area contributed by atoms with Gasteiger partial charge in [0.15, 0.2) is 0 Å². The molecule has 5 nitrogen and oxygen atoms in total. The van der Waals surface area contributed by atoms with E-state index < -0.39 is 11.7 Å². The highest BCUT2D eigenvalue weighted by molar-refractivity contribution is 6.30. The zero-order valence-electron chi connectivity index (χ0n) is 17.6. The van der Waals surface area contributed by atoms with Gasteiger partial charge in [-0.15, -0.1) is 0 Å². The number of benzene rings is 3. The van der Waals surface area contributed by atoms with Gasteiger partial charge in [0.05, 0.1) is 11.4 Å². The monoisotopic (exact) mass is 451 g/mol. The van der Waals surface area contributed by atoms with Crippen molar-refractivity contribution in [3.63, 3.8) is 0 Å². The molecule has 3 amide bonds. The number of anilines is 2. The molecular formula is C25H23ClFN3O2. The SMILES string of the molecule is Cc1ccc(N2CCCN(Cc3cccc(Cl)c3)C2=O)c(NC(=O)c2cccc(F)c2)c1. The van der Waals surface area contributed by atoms with E-state index >= 15 is 0 Å². The maximum Gasteiger partial charge on any atom is 0.324 e. The summed E-state index contributed by atoms with van der Waals surface area (Å²) >= 11 is 6.09. The molecule has 0 atom stereocenters. The molecule has 1 N–H and O–H groups in total. The Morgan fingerprint density at radius 3 is 2.66 bits per heavy atom. The Hall–Kier alpha value is -3.38. The van der Waals surface area contributed by atoms with Crippen molar-refractivity contribution < 1.29 is 14.0 Å². The molecule has 1 heterocycles. The number of nitrogens with zero attached hydrogens (tertiary/aromatic N) is 2. The van der Waals surface area contributed by atoms with Gasteiger partial charge in [0.2, 0.25) is 0 Å². The fraction of sp³-hybridized carbons (Fsp3) is 0.200. The van der Waals surface area contributed by atoms with Gasteiger partial charge in [0, 0.05) is 30.2 Å². The Bertz CT molecular complexity index is 1170. The van der Waals surface area contributed by atoms with Crippen molar-refractivity contribution in [3.05, 3.63) is 94.3 Å². The second-order valence-corrected chi connectivity index (χ2v) is 8.26. The molecule has 0 aliphatic carbocycles. The van der Waals surface area contributed by atoms with Gasteiger partial charge in [0.25, 0.3) is 5.91 Å². The van der Waals surface area contributed by atoms with Crippen molar-refractivity contribution >= 4 is 34.9 Å². The van der Waals surface area contributed by atoms with Crippen LogP contribution in [0.4, 0.5) is 20.6 Å². The van der Waals surface area contributed by atoms with Crippen LogP contribution in [0.3, 0.4) is 0 Å². The summed E-state index contributed by atoms with van der Waals surface area (Å²) in [5, 5.41) is 3.48. The first-order valence-corrected chi connectivity index (χ1v) is 10.8. The van der Waals surface area contributed by atoms with E-state index in [4.69, 9.17) is 11.6 Å². The summed E-state index contributed by atoms with van der Waals surface area (Å²) in [6.07, 6.45) is 0.789. The standard InChI is InChI=1S/C25H23ClFN3O2/c1-17-9-10-23(22(13-17)28-24(31)19-6-3-8-21(27)15-19)30-12-4-11-29(25(30)32)16-18-5-2-7-20(26)14-18/h2-3,5-10,13-15H,4,11-12,16H2,1H3,(H,28,31). The van der Waals surface area contributed by atoms with E-state index in [2.05, 4.69) is 5.32 Å². The smallest absolute Gasteiger partial charge is 0.320 e. The quantitative estimate of drug-likeness (QED) is 0.527. The van der Waals surface area contributed by atoms with Gasteiger partial charge in [-0.1, -0.05) is 35.9 Å². The molecule has 4 rings (SSSR count). The van der Waals surface area contributed by atoms with Crippen LogP contribution < -0.4 is 10.2 Å². The molecule has 0 aromatic heterocycles. The average molecular weight is 452 g/mol. The van der Waals surface area contributed by atoms with Gasteiger partial charge < -0.3 is 10.2 Å². The molecule has 32 heavy (non-hydrogen) atoms. The number of urea groups is 1. The number of carbonyl (C=O) groups excluding carboxylic acids is 2. The lowest BCUT2D eigenvalue weighted by Crippen LogP contribution is -2.49. The lowest BCUT2D eigenvalue weighted by atomic mass is 10.1. The highest BCUT2D eigenvalue weighted by Gasteiger charge is 2.28. The Balaban J connectivity index is 1.58. The predicted octanol–water partition coefficient (Wildman–Crippen LogP) is 5.87. The molecule has 1 aliphatic heterocycles. The molecule has 0 bridgehead atoms. The topological polar surface area (TPSA) is 52.6 Å². The summed E-state index contributed by atoms with van der Waals surface area (Å²) < 4.78 is 13.6. The van der Waals surface area contributed by atoms with Crippen LogP contribution in [-0.4, -0.2) is 29.9 Å². The van der Waals surface area contributed by atoms with E-state index in [-0.39, 0.29) is 11.6 Å². The van der Waals surface area contributed by atoms with E-state index in [9.17, 15) is 14.0 Å². The predicted molar refractivity (Wildman–Crippen MR) is 125 cm³/mol. The van der Waals surface area contributed by atoms with E-state index in [1.165, 1.54) is 18.2 Å². The summed E-state index contributed by atoms with van der Waals surface area (Å²) in [7, 11) is 0. The third-order valence-electron chi connectivity index (χ3n) is 5.35. The summed E-state index contributed by atoms with van der Waals surface area (Å²) in [5.74, 6) is -0.915. The maximum atomic E-state index is 13.6. The Morgan fingerprint density at radius 1 is 1.06 bits per heavy atom. The number of hydrogen-bond donors (Lipinski definition) is 1. The molecule has 7 heteroatoms. The fourth-order valence-electron chi connectivity index (χ4n) is 3.82. The Kier molecular flexibility index (Phi) is 6.42. The molecule has 3 aromatic rings. The number of halogens is 2. The van der Waals surface area contributed by atoms with Gasteiger partial charge in [-0.25, -0.2) is 9.18 Å². The largest absolute Gasteiger partial charge is 0.324 e. The van der Waals surface area contributed by atoms with Crippen molar-refractivity contribution in [1.29, 1.82) is 0 Å². The minimum Gasteiger partial charge on any atom is -0.320 e. The molecule has 1 fully saturated rings. The van der Waals surface area contributed by atoms with Crippen molar-refractivity contribution in [2.75, 3.05) is 23.3 Å². The molecular weight excluding hydrogens is 429 g/mol. The average Bonchev–Trinajstić information content (AvgIpc) is 2.76. The second-order valence-electron chi connectivity index (χ2n) is 7.82. The van der Waals surface area contributed by atoms with Crippen LogP contribution in [0.25, 0.3) is 0 Å². The van der Waals surface area contributed by atoms with E-state index in [0.717, 1.165) is 17.5 Å². The molecule has 0 unspecified atom stereocenters. The number of carbonyl (C=O) groups is 2. The molecule has 3 aromatic carbocycles. The Labute approximate surface area is 191 Å². The van der Waals surface area contributed by atoms with Crippen LogP contribution in [0, 0.1) is 12.7 Å². The third-order valence-corrected chi connectivity index (χ3v) is 5.59.